The van der Waals surface area contributed by atoms with Crippen LogP contribution in [0.4, 0.5) is 5.69 Å². The minimum absolute atomic E-state index is 0.0257. The van der Waals surface area contributed by atoms with E-state index in [2.05, 4.69) is 15.9 Å². The van der Waals surface area contributed by atoms with Gasteiger partial charge in [0.25, 0.3) is 0 Å². The Hall–Kier alpha value is -2.68. The van der Waals surface area contributed by atoms with Gasteiger partial charge in [0.15, 0.2) is 5.75 Å². The summed E-state index contributed by atoms with van der Waals surface area (Å²) >= 11 is 3.21. The van der Waals surface area contributed by atoms with Crippen LogP contribution in [-0.4, -0.2) is 33.5 Å². The van der Waals surface area contributed by atoms with Crippen molar-refractivity contribution in [3.05, 3.63) is 38.3 Å². The quantitative estimate of drug-likeness (QED) is 0.254. The van der Waals surface area contributed by atoms with Crippen molar-refractivity contribution in [2.75, 3.05) is 6.61 Å². The van der Waals surface area contributed by atoms with E-state index in [4.69, 9.17) is 4.74 Å². The number of rotatable bonds is 5. The highest BCUT2D eigenvalue weighted by Crippen LogP contribution is 2.48. The van der Waals surface area contributed by atoms with E-state index in [1.807, 2.05) is 0 Å². The molecule has 0 bridgehead atoms. The molecule has 0 spiro atoms. The lowest BCUT2D eigenvalue weighted by Gasteiger charge is -2.17. The zero-order chi connectivity index (χ0) is 18.9. The zero-order valence-electron chi connectivity index (χ0n) is 13.3. The number of hydrogen-bond acceptors (Lipinski definition) is 7. The number of aromatic hydroxyl groups is 2. The molecule has 25 heavy (non-hydrogen) atoms. The van der Waals surface area contributed by atoms with Gasteiger partial charge in [-0.2, -0.15) is 0 Å². The third-order valence-electron chi connectivity index (χ3n) is 3.63. The number of carbonyl (C=O) groups is 2. The summed E-state index contributed by atoms with van der Waals surface area (Å²) in [5, 5.41) is 31.8. The molecular weight excluding hydrogens is 398 g/mol. The fraction of sp³-hybridized carbons (Fsp3) is 0.250. The van der Waals surface area contributed by atoms with Crippen LogP contribution < -0.4 is 0 Å². The van der Waals surface area contributed by atoms with Crippen molar-refractivity contribution < 1.29 is 29.5 Å². The summed E-state index contributed by atoms with van der Waals surface area (Å²) in [5.74, 6) is -4.98. The van der Waals surface area contributed by atoms with Gasteiger partial charge < -0.3 is 14.9 Å². The van der Waals surface area contributed by atoms with E-state index in [0.717, 1.165) is 6.92 Å². The second-order valence-electron chi connectivity index (χ2n) is 5.20. The lowest BCUT2D eigenvalue weighted by atomic mass is 9.88. The second-order valence-corrected chi connectivity index (χ2v) is 6.12. The van der Waals surface area contributed by atoms with Crippen LogP contribution in [0.1, 0.15) is 25.3 Å². The molecule has 0 saturated heterocycles. The van der Waals surface area contributed by atoms with Gasteiger partial charge in [-0.3, -0.25) is 19.7 Å². The number of nitrogens with zero attached hydrogens (tertiary/aromatic N) is 1. The molecule has 0 aliphatic rings. The summed E-state index contributed by atoms with van der Waals surface area (Å²) in [6, 6.07) is 4.38. The first-order chi connectivity index (χ1) is 11.7. The molecule has 0 aromatic heterocycles. The van der Waals surface area contributed by atoms with Crippen LogP contribution in [0, 0.1) is 10.1 Å². The lowest BCUT2D eigenvalue weighted by Crippen LogP contribution is -2.23. The smallest absolute Gasteiger partial charge is 0.321 e. The molecule has 9 heteroatoms. The largest absolute Gasteiger partial charge is 0.504 e. The van der Waals surface area contributed by atoms with E-state index in [-0.39, 0.29) is 22.9 Å². The number of halogens is 1. The molecule has 2 N–H and O–H groups in total. The first-order valence-corrected chi connectivity index (χ1v) is 7.98. The van der Waals surface area contributed by atoms with Crippen LogP contribution in [0.2, 0.25) is 0 Å². The molecule has 0 heterocycles. The number of esters is 1. The second kappa shape index (κ2) is 7.06. The summed E-state index contributed by atoms with van der Waals surface area (Å²) in [6.45, 7) is 2.60. The maximum absolute atomic E-state index is 12.3. The Kier molecular flexibility index (Phi) is 5.27. The van der Waals surface area contributed by atoms with Crippen LogP contribution in [0.3, 0.4) is 0 Å². The summed E-state index contributed by atoms with van der Waals surface area (Å²) in [6.07, 6.45) is 0. The Morgan fingerprint density at radius 3 is 2.44 bits per heavy atom. The van der Waals surface area contributed by atoms with Crippen LogP contribution in [0.25, 0.3) is 10.8 Å². The molecule has 8 nitrogen and oxygen atoms in total. The zero-order valence-corrected chi connectivity index (χ0v) is 14.9. The Morgan fingerprint density at radius 1 is 1.28 bits per heavy atom. The molecule has 0 aliphatic carbocycles. The average Bonchev–Trinajstić information content (AvgIpc) is 2.51. The van der Waals surface area contributed by atoms with E-state index in [1.165, 1.54) is 19.1 Å². The van der Waals surface area contributed by atoms with Gasteiger partial charge in [-0.05, 0) is 37.4 Å². The van der Waals surface area contributed by atoms with Crippen LogP contribution in [0.15, 0.2) is 22.7 Å². The van der Waals surface area contributed by atoms with Crippen molar-refractivity contribution >= 4 is 44.1 Å². The van der Waals surface area contributed by atoms with Gasteiger partial charge in [-0.25, -0.2) is 0 Å². The molecular formula is C16H14BrNO7. The van der Waals surface area contributed by atoms with Crippen molar-refractivity contribution in [1.29, 1.82) is 0 Å². The molecule has 2 aromatic rings. The average molecular weight is 412 g/mol. The Morgan fingerprint density at radius 2 is 1.92 bits per heavy atom. The minimum Gasteiger partial charge on any atom is -0.504 e. The Labute approximate surface area is 150 Å². The number of carbonyl (C=O) groups excluding carboxylic acids is 2. The summed E-state index contributed by atoms with van der Waals surface area (Å²) in [4.78, 5) is 34.9. The lowest BCUT2D eigenvalue weighted by molar-refractivity contribution is -0.386. The first kappa shape index (κ1) is 18.7. The molecule has 132 valence electrons. The maximum atomic E-state index is 12.3. The monoisotopic (exact) mass is 411 g/mol. The number of phenols is 2. The summed E-state index contributed by atoms with van der Waals surface area (Å²) < 4.78 is 5.37. The van der Waals surface area contributed by atoms with E-state index < -0.39 is 39.8 Å². The van der Waals surface area contributed by atoms with Gasteiger partial charge in [0, 0.05) is 9.86 Å². The van der Waals surface area contributed by atoms with Crippen molar-refractivity contribution in [1.82, 2.24) is 0 Å². The van der Waals surface area contributed by atoms with Gasteiger partial charge in [-0.15, -0.1) is 0 Å². The standard InChI is InChI=1S/C16H14BrNO7/c1-3-25-16(22)11(7(2)19)12-10-6-8(17)4-5-9(10)14(20)15(21)13(12)18(23)24/h4-6,11,20-21H,3H2,1-2H3. The van der Waals surface area contributed by atoms with E-state index >= 15 is 0 Å². The van der Waals surface area contributed by atoms with E-state index in [1.54, 1.807) is 6.07 Å². The van der Waals surface area contributed by atoms with Crippen LogP contribution in [-0.2, 0) is 14.3 Å². The van der Waals surface area contributed by atoms with Gasteiger partial charge in [0.1, 0.15) is 11.7 Å². The molecule has 2 rings (SSSR count). The fourth-order valence-corrected chi connectivity index (χ4v) is 2.99. The van der Waals surface area contributed by atoms with Gasteiger partial charge in [0.05, 0.1) is 17.1 Å². The predicted octanol–water partition coefficient (Wildman–Crippen LogP) is 3.16. The molecule has 1 unspecified atom stereocenters. The van der Waals surface area contributed by atoms with Crippen molar-refractivity contribution in [2.45, 2.75) is 19.8 Å². The SMILES string of the molecule is CCOC(=O)C(C(C)=O)c1c([N+](=O)[O-])c(O)c(O)c2ccc(Br)cc12. The first-order valence-electron chi connectivity index (χ1n) is 7.19. The van der Waals surface area contributed by atoms with E-state index in [9.17, 15) is 29.9 Å². The van der Waals surface area contributed by atoms with Crippen LogP contribution >= 0.6 is 15.9 Å². The predicted molar refractivity (Wildman–Crippen MR) is 91.7 cm³/mol. The molecule has 0 radical (unpaired) electrons. The number of fused-ring (bicyclic) bond motifs is 1. The number of phenolic OH excluding ortho intramolecular Hbond substituents is 2. The normalized spacial score (nSPS) is 12.0. The Balaban J connectivity index is 3.01. The molecule has 0 aliphatic heterocycles. The van der Waals surface area contributed by atoms with Crippen molar-refractivity contribution in [2.24, 2.45) is 0 Å². The summed E-state index contributed by atoms with van der Waals surface area (Å²) in [5.41, 5.74) is -1.22. The fourth-order valence-electron chi connectivity index (χ4n) is 2.63. The topological polar surface area (TPSA) is 127 Å². The number of ether oxygens (including phenoxy) is 1. The number of nitro benzene ring substituents is 1. The Bertz CT molecular complexity index is 894. The number of benzene rings is 2. The molecule has 1 atom stereocenters. The third-order valence-corrected chi connectivity index (χ3v) is 4.12. The highest BCUT2D eigenvalue weighted by molar-refractivity contribution is 9.10. The molecule has 0 saturated carbocycles. The van der Waals surface area contributed by atoms with Crippen molar-refractivity contribution in [3.8, 4) is 11.5 Å². The number of nitro groups is 1. The maximum Gasteiger partial charge on any atom is 0.321 e. The van der Waals surface area contributed by atoms with E-state index in [0.29, 0.717) is 4.47 Å². The van der Waals surface area contributed by atoms with Crippen LogP contribution in [0.5, 0.6) is 11.5 Å². The summed E-state index contributed by atoms with van der Waals surface area (Å²) in [7, 11) is 0. The van der Waals surface area contributed by atoms with Gasteiger partial charge >= 0.3 is 11.7 Å². The number of hydrogen-bond donors (Lipinski definition) is 2. The third kappa shape index (κ3) is 3.27. The van der Waals surface area contributed by atoms with Gasteiger partial charge in [-0.1, -0.05) is 15.9 Å². The van der Waals surface area contributed by atoms with Gasteiger partial charge in [0.2, 0.25) is 5.75 Å². The van der Waals surface area contributed by atoms with Crippen molar-refractivity contribution in [3.63, 3.8) is 0 Å². The number of ketones is 1. The minimum atomic E-state index is -1.61. The number of Topliss-reactive ketones (excluding diaryl/α,β-unsaturated/α-hetero) is 1. The highest BCUT2D eigenvalue weighted by atomic mass is 79.9. The molecule has 0 amide bonds. The highest BCUT2D eigenvalue weighted by Gasteiger charge is 2.38. The molecule has 0 fully saturated rings. The molecule has 2 aromatic carbocycles.